The third-order valence-corrected chi connectivity index (χ3v) is 5.58. The number of urea groups is 1. The van der Waals surface area contributed by atoms with E-state index in [0.29, 0.717) is 6.54 Å². The second-order valence-electron chi connectivity index (χ2n) is 8.25. The molecule has 1 fully saturated rings. The number of hydrogen-bond acceptors (Lipinski definition) is 3. The van der Waals surface area contributed by atoms with E-state index in [2.05, 4.69) is 56.8 Å². The number of nitrogens with zero attached hydrogens (tertiary/aromatic N) is 2. The summed E-state index contributed by atoms with van der Waals surface area (Å²) in [5.74, 6) is 0.768. The van der Waals surface area contributed by atoms with Crippen LogP contribution >= 0.6 is 0 Å². The number of carbonyl (C=O) groups excluding carboxylic acids is 1. The smallest absolute Gasteiger partial charge is 0.319 e. The topological polar surface area (TPSA) is 47.6 Å². The minimum Gasteiger partial charge on any atom is -0.337 e. The predicted octanol–water partition coefficient (Wildman–Crippen LogP) is 3.82. The fraction of sp³-hybridized carbons (Fsp3) is 0.458. The second-order valence-corrected chi connectivity index (χ2v) is 8.25. The average molecular weight is 395 g/mol. The summed E-state index contributed by atoms with van der Waals surface area (Å²) in [5.41, 5.74) is 3.53. The van der Waals surface area contributed by atoms with E-state index in [0.717, 1.165) is 37.8 Å². The van der Waals surface area contributed by atoms with E-state index >= 15 is 0 Å². The van der Waals surface area contributed by atoms with Crippen molar-refractivity contribution >= 4 is 11.7 Å². The summed E-state index contributed by atoms with van der Waals surface area (Å²) < 4.78 is 0. The maximum atomic E-state index is 12.2. The molecule has 0 aromatic heterocycles. The van der Waals surface area contributed by atoms with Crippen molar-refractivity contribution in [3.63, 3.8) is 0 Å². The van der Waals surface area contributed by atoms with E-state index in [9.17, 15) is 4.79 Å². The van der Waals surface area contributed by atoms with E-state index in [-0.39, 0.29) is 6.03 Å². The van der Waals surface area contributed by atoms with Crippen LogP contribution in [-0.2, 0) is 13.0 Å². The first-order valence-electron chi connectivity index (χ1n) is 10.6. The van der Waals surface area contributed by atoms with Crippen molar-refractivity contribution in [3.8, 4) is 0 Å². The maximum Gasteiger partial charge on any atom is 0.319 e. The lowest BCUT2D eigenvalue weighted by atomic mass is 9.90. The molecule has 2 amide bonds. The zero-order valence-electron chi connectivity index (χ0n) is 17.7. The standard InChI is InChI=1S/C24H34N4O/c1-27(2)17-14-25-24(29)26-23-11-7-6-10-22(23)19-28-15-12-21(13-16-28)18-20-8-4-3-5-9-20/h3-11,21H,12-19H2,1-2H3,(H2,25,26,29). The van der Waals surface area contributed by atoms with Gasteiger partial charge in [-0.15, -0.1) is 0 Å². The fourth-order valence-corrected chi connectivity index (χ4v) is 3.88. The molecule has 3 rings (SSSR count). The fourth-order valence-electron chi connectivity index (χ4n) is 3.88. The molecule has 1 aliphatic heterocycles. The van der Waals surface area contributed by atoms with Gasteiger partial charge in [-0.2, -0.15) is 0 Å². The lowest BCUT2D eigenvalue weighted by Gasteiger charge is -2.32. The van der Waals surface area contributed by atoms with Gasteiger partial charge in [0.25, 0.3) is 0 Å². The number of hydrogen-bond donors (Lipinski definition) is 2. The molecular formula is C24H34N4O. The van der Waals surface area contributed by atoms with E-state index in [4.69, 9.17) is 0 Å². The van der Waals surface area contributed by atoms with Crippen LogP contribution in [0, 0.1) is 5.92 Å². The van der Waals surface area contributed by atoms with Gasteiger partial charge in [-0.3, -0.25) is 4.90 Å². The summed E-state index contributed by atoms with van der Waals surface area (Å²) in [6, 6.07) is 18.8. The highest BCUT2D eigenvalue weighted by Gasteiger charge is 2.20. The van der Waals surface area contributed by atoms with Crippen molar-refractivity contribution in [2.45, 2.75) is 25.8 Å². The number of rotatable bonds is 8. The molecule has 0 atom stereocenters. The van der Waals surface area contributed by atoms with Gasteiger partial charge in [-0.1, -0.05) is 48.5 Å². The molecule has 2 aromatic carbocycles. The number of benzene rings is 2. The van der Waals surface area contributed by atoms with Crippen LogP contribution in [0.4, 0.5) is 10.5 Å². The molecule has 2 N–H and O–H groups in total. The molecule has 5 heteroatoms. The molecule has 2 aromatic rings. The molecule has 0 unspecified atom stereocenters. The SMILES string of the molecule is CN(C)CCNC(=O)Nc1ccccc1CN1CCC(Cc2ccccc2)CC1. The van der Waals surface area contributed by atoms with Gasteiger partial charge in [0.2, 0.25) is 0 Å². The number of amides is 2. The Morgan fingerprint density at radius 1 is 1.03 bits per heavy atom. The van der Waals surface area contributed by atoms with Gasteiger partial charge in [0.05, 0.1) is 0 Å². The predicted molar refractivity (Wildman–Crippen MR) is 120 cm³/mol. The number of likely N-dealkylation sites (N-methyl/N-ethyl adjacent to an activating group) is 1. The lowest BCUT2D eigenvalue weighted by molar-refractivity contribution is 0.177. The molecule has 1 heterocycles. The number of carbonyl (C=O) groups is 1. The van der Waals surface area contributed by atoms with E-state index in [1.807, 2.05) is 32.3 Å². The summed E-state index contributed by atoms with van der Waals surface area (Å²) in [5, 5.41) is 5.94. The first kappa shape index (κ1) is 21.3. The molecule has 0 aliphatic carbocycles. The normalized spacial score (nSPS) is 15.4. The number of piperidine rings is 1. The Morgan fingerprint density at radius 3 is 2.45 bits per heavy atom. The highest BCUT2D eigenvalue weighted by Crippen LogP contribution is 2.24. The van der Waals surface area contributed by atoms with Crippen LogP contribution in [0.1, 0.15) is 24.0 Å². The number of nitrogens with one attached hydrogen (secondary N) is 2. The molecule has 29 heavy (non-hydrogen) atoms. The number of likely N-dealkylation sites (tertiary alicyclic amines) is 1. The van der Waals surface area contributed by atoms with Gasteiger partial charge in [0.15, 0.2) is 0 Å². The van der Waals surface area contributed by atoms with Crippen molar-refractivity contribution in [2.24, 2.45) is 5.92 Å². The van der Waals surface area contributed by atoms with E-state index in [1.54, 1.807) is 0 Å². The monoisotopic (exact) mass is 394 g/mol. The number of para-hydroxylation sites is 1. The molecule has 5 nitrogen and oxygen atoms in total. The van der Waals surface area contributed by atoms with Crippen LogP contribution in [0.25, 0.3) is 0 Å². The van der Waals surface area contributed by atoms with Crippen LogP contribution in [0.15, 0.2) is 54.6 Å². The third kappa shape index (κ3) is 7.18. The Bertz CT molecular complexity index is 754. The zero-order chi connectivity index (χ0) is 20.5. The van der Waals surface area contributed by atoms with Gasteiger partial charge in [-0.05, 0) is 69.6 Å². The molecule has 156 valence electrons. The van der Waals surface area contributed by atoms with Gasteiger partial charge < -0.3 is 15.5 Å². The lowest BCUT2D eigenvalue weighted by Crippen LogP contribution is -2.36. The van der Waals surface area contributed by atoms with Crippen molar-refractivity contribution in [1.29, 1.82) is 0 Å². The molecule has 0 bridgehead atoms. The van der Waals surface area contributed by atoms with Crippen LogP contribution in [0.3, 0.4) is 0 Å². The van der Waals surface area contributed by atoms with Crippen molar-refractivity contribution in [3.05, 3.63) is 65.7 Å². The van der Waals surface area contributed by atoms with Crippen LogP contribution in [-0.4, -0.2) is 56.1 Å². The summed E-state index contributed by atoms with van der Waals surface area (Å²) in [6.45, 7) is 4.57. The summed E-state index contributed by atoms with van der Waals surface area (Å²) in [4.78, 5) is 16.8. The minimum absolute atomic E-state index is 0.138. The quantitative estimate of drug-likeness (QED) is 0.715. The summed E-state index contributed by atoms with van der Waals surface area (Å²) in [6.07, 6.45) is 3.64. The minimum atomic E-state index is -0.138. The van der Waals surface area contributed by atoms with Crippen LogP contribution in [0.2, 0.25) is 0 Å². The van der Waals surface area contributed by atoms with Gasteiger partial charge in [-0.25, -0.2) is 4.79 Å². The number of anilines is 1. The first-order chi connectivity index (χ1) is 14.1. The molecule has 0 radical (unpaired) electrons. The first-order valence-corrected chi connectivity index (χ1v) is 10.6. The van der Waals surface area contributed by atoms with Crippen LogP contribution in [0.5, 0.6) is 0 Å². The Hall–Kier alpha value is -2.37. The zero-order valence-corrected chi connectivity index (χ0v) is 17.7. The van der Waals surface area contributed by atoms with Crippen molar-refractivity contribution in [1.82, 2.24) is 15.1 Å². The highest BCUT2D eigenvalue weighted by atomic mass is 16.2. The van der Waals surface area contributed by atoms with Crippen LogP contribution < -0.4 is 10.6 Å². The maximum absolute atomic E-state index is 12.2. The van der Waals surface area contributed by atoms with Gasteiger partial charge in [0.1, 0.15) is 0 Å². The van der Waals surface area contributed by atoms with E-state index < -0.39 is 0 Å². The summed E-state index contributed by atoms with van der Waals surface area (Å²) in [7, 11) is 4.00. The Balaban J connectivity index is 1.48. The van der Waals surface area contributed by atoms with Gasteiger partial charge in [0, 0.05) is 25.3 Å². The van der Waals surface area contributed by atoms with E-state index in [1.165, 1.54) is 30.4 Å². The average Bonchev–Trinajstić information content (AvgIpc) is 2.71. The third-order valence-electron chi connectivity index (χ3n) is 5.58. The summed E-state index contributed by atoms with van der Waals surface area (Å²) >= 11 is 0. The van der Waals surface area contributed by atoms with Crippen molar-refractivity contribution in [2.75, 3.05) is 45.6 Å². The molecule has 0 spiro atoms. The molecule has 1 saturated heterocycles. The van der Waals surface area contributed by atoms with Gasteiger partial charge >= 0.3 is 6.03 Å². The Kier molecular flexibility index (Phi) is 8.08. The Morgan fingerprint density at radius 2 is 1.72 bits per heavy atom. The second kappa shape index (κ2) is 11.0. The van der Waals surface area contributed by atoms with Crippen molar-refractivity contribution < 1.29 is 4.79 Å². The molecule has 1 aliphatic rings. The molecular weight excluding hydrogens is 360 g/mol. The molecule has 0 saturated carbocycles. The highest BCUT2D eigenvalue weighted by molar-refractivity contribution is 5.90. The Labute approximate surface area is 175 Å². The largest absolute Gasteiger partial charge is 0.337 e.